The summed E-state index contributed by atoms with van der Waals surface area (Å²) in [5, 5.41) is 6.77. The lowest BCUT2D eigenvalue weighted by molar-refractivity contribution is -0.127. The van der Waals surface area contributed by atoms with Crippen LogP contribution in [0.5, 0.6) is 0 Å². The maximum atomic E-state index is 12.3. The molecule has 2 rings (SSSR count). The van der Waals surface area contributed by atoms with Gasteiger partial charge in [-0.25, -0.2) is 0 Å². The van der Waals surface area contributed by atoms with Crippen LogP contribution < -0.4 is 10.6 Å². The van der Waals surface area contributed by atoms with Crippen molar-refractivity contribution in [1.29, 1.82) is 0 Å². The largest absolute Gasteiger partial charge is 0.356 e. The minimum Gasteiger partial charge on any atom is -0.356 e. The Hall–Kier alpha value is -2.08. The first-order valence-electron chi connectivity index (χ1n) is 10.5. The third-order valence-electron chi connectivity index (χ3n) is 5.42. The van der Waals surface area contributed by atoms with Gasteiger partial charge in [-0.15, -0.1) is 0 Å². The molecule has 1 fully saturated rings. The molecule has 28 heavy (non-hydrogen) atoms. The number of carbonyl (C=O) groups is 1. The molecule has 1 aliphatic heterocycles. The van der Waals surface area contributed by atoms with Crippen molar-refractivity contribution in [2.75, 3.05) is 46.3 Å². The number of guanidine groups is 1. The molecule has 0 bridgehead atoms. The second kappa shape index (κ2) is 11.7. The average molecular weight is 388 g/mol. The quantitative estimate of drug-likeness (QED) is 0.476. The molecule has 0 spiro atoms. The van der Waals surface area contributed by atoms with E-state index < -0.39 is 0 Å². The Kier molecular flexibility index (Phi) is 9.28. The van der Waals surface area contributed by atoms with Crippen LogP contribution in [0, 0.1) is 5.92 Å². The van der Waals surface area contributed by atoms with E-state index in [1.165, 1.54) is 5.56 Å². The van der Waals surface area contributed by atoms with Gasteiger partial charge in [-0.1, -0.05) is 37.3 Å². The van der Waals surface area contributed by atoms with Gasteiger partial charge >= 0.3 is 0 Å². The number of benzene rings is 1. The first-order valence-corrected chi connectivity index (χ1v) is 10.5. The van der Waals surface area contributed by atoms with E-state index in [0.29, 0.717) is 18.4 Å². The van der Waals surface area contributed by atoms with Crippen LogP contribution in [0.4, 0.5) is 0 Å². The number of hydrogen-bond acceptors (Lipinski definition) is 3. The summed E-state index contributed by atoms with van der Waals surface area (Å²) >= 11 is 0. The smallest absolute Gasteiger partial charge is 0.223 e. The Morgan fingerprint density at radius 3 is 2.68 bits per heavy atom. The molecule has 6 nitrogen and oxygen atoms in total. The van der Waals surface area contributed by atoms with Gasteiger partial charge in [0.2, 0.25) is 5.91 Å². The lowest BCUT2D eigenvalue weighted by Crippen LogP contribution is -2.44. The third kappa shape index (κ3) is 7.15. The van der Waals surface area contributed by atoms with Crippen LogP contribution in [-0.2, 0) is 11.2 Å². The molecule has 1 aromatic carbocycles. The second-order valence-corrected chi connectivity index (χ2v) is 7.75. The Balaban J connectivity index is 1.69. The molecule has 0 aromatic heterocycles. The number of likely N-dealkylation sites (tertiary alicyclic amines) is 1. The fraction of sp³-hybridized carbons (Fsp3) is 0.636. The van der Waals surface area contributed by atoms with Gasteiger partial charge in [0.15, 0.2) is 5.96 Å². The van der Waals surface area contributed by atoms with E-state index in [-0.39, 0.29) is 5.91 Å². The average Bonchev–Trinajstić information content (AvgIpc) is 3.06. The van der Waals surface area contributed by atoms with Crippen molar-refractivity contribution in [2.45, 2.75) is 39.7 Å². The highest BCUT2D eigenvalue weighted by Crippen LogP contribution is 2.17. The maximum Gasteiger partial charge on any atom is 0.223 e. The molecule has 6 heteroatoms. The highest BCUT2D eigenvalue weighted by Gasteiger charge is 2.29. The Morgan fingerprint density at radius 1 is 1.29 bits per heavy atom. The molecule has 156 valence electrons. The van der Waals surface area contributed by atoms with Crippen molar-refractivity contribution in [3.8, 4) is 0 Å². The van der Waals surface area contributed by atoms with Gasteiger partial charge < -0.3 is 15.5 Å². The summed E-state index contributed by atoms with van der Waals surface area (Å²) < 4.78 is 0. The van der Waals surface area contributed by atoms with Gasteiger partial charge in [0.05, 0.1) is 0 Å². The number of hydrogen-bond donors (Lipinski definition) is 2. The SMILES string of the molecule is CCN(CCNC(=NC)NCC1CC(=O)N(CCc2ccccc2)C1)C(C)C. The molecule has 1 atom stereocenters. The Labute approximate surface area is 170 Å². The van der Waals surface area contributed by atoms with Crippen molar-refractivity contribution < 1.29 is 4.79 Å². The predicted molar refractivity (Wildman–Crippen MR) is 117 cm³/mol. The number of rotatable bonds is 10. The Morgan fingerprint density at radius 2 is 2.04 bits per heavy atom. The van der Waals surface area contributed by atoms with Gasteiger partial charge in [-0.2, -0.15) is 0 Å². The summed E-state index contributed by atoms with van der Waals surface area (Å²) in [6.45, 7) is 11.9. The van der Waals surface area contributed by atoms with Gasteiger partial charge in [0, 0.05) is 58.2 Å². The molecule has 1 aromatic rings. The van der Waals surface area contributed by atoms with Gasteiger partial charge in [-0.3, -0.25) is 14.7 Å². The summed E-state index contributed by atoms with van der Waals surface area (Å²) in [6.07, 6.45) is 1.54. The van der Waals surface area contributed by atoms with Crippen LogP contribution in [0.15, 0.2) is 35.3 Å². The van der Waals surface area contributed by atoms with E-state index in [4.69, 9.17) is 0 Å². The molecule has 0 aliphatic carbocycles. The fourth-order valence-electron chi connectivity index (χ4n) is 3.68. The van der Waals surface area contributed by atoms with Crippen molar-refractivity contribution >= 4 is 11.9 Å². The normalized spacial score (nSPS) is 17.6. The Bertz CT molecular complexity index is 617. The minimum atomic E-state index is 0.265. The van der Waals surface area contributed by atoms with Crippen LogP contribution >= 0.6 is 0 Å². The molecule has 1 unspecified atom stereocenters. The molecule has 2 N–H and O–H groups in total. The van der Waals surface area contributed by atoms with E-state index in [2.05, 4.69) is 53.4 Å². The van der Waals surface area contributed by atoms with E-state index in [1.54, 1.807) is 7.05 Å². The molecule has 1 heterocycles. The highest BCUT2D eigenvalue weighted by atomic mass is 16.2. The van der Waals surface area contributed by atoms with Crippen molar-refractivity contribution in [3.05, 3.63) is 35.9 Å². The highest BCUT2D eigenvalue weighted by molar-refractivity contribution is 5.80. The van der Waals surface area contributed by atoms with Gasteiger partial charge in [0.1, 0.15) is 0 Å². The molecular formula is C22H37N5O. The molecule has 0 saturated carbocycles. The zero-order chi connectivity index (χ0) is 20.4. The second-order valence-electron chi connectivity index (χ2n) is 7.75. The van der Waals surface area contributed by atoms with Crippen LogP contribution in [0.25, 0.3) is 0 Å². The standard InChI is InChI=1S/C22H37N5O/c1-5-26(18(2)3)14-12-24-22(23-4)25-16-20-15-21(28)27(17-20)13-11-19-9-7-6-8-10-19/h6-10,18,20H,5,11-17H2,1-4H3,(H2,23,24,25). The van der Waals surface area contributed by atoms with Gasteiger partial charge in [-0.05, 0) is 32.4 Å². The van der Waals surface area contributed by atoms with Crippen LogP contribution in [-0.4, -0.2) is 74.0 Å². The first kappa shape index (κ1) is 22.2. The first-order chi connectivity index (χ1) is 13.5. The van der Waals surface area contributed by atoms with E-state index in [0.717, 1.165) is 51.6 Å². The molecule has 1 amide bonds. The summed E-state index contributed by atoms with van der Waals surface area (Å²) in [4.78, 5) is 21.0. The topological polar surface area (TPSA) is 60.0 Å². The lowest BCUT2D eigenvalue weighted by atomic mass is 10.1. The summed E-state index contributed by atoms with van der Waals surface area (Å²) in [6, 6.07) is 10.9. The predicted octanol–water partition coefficient (Wildman–Crippen LogP) is 1.97. The molecular weight excluding hydrogens is 350 g/mol. The zero-order valence-corrected chi connectivity index (χ0v) is 17.9. The van der Waals surface area contributed by atoms with Crippen molar-refractivity contribution in [3.63, 3.8) is 0 Å². The van der Waals surface area contributed by atoms with Crippen molar-refractivity contribution in [1.82, 2.24) is 20.4 Å². The third-order valence-corrected chi connectivity index (χ3v) is 5.42. The number of aliphatic imine (C=N–C) groups is 1. The zero-order valence-electron chi connectivity index (χ0n) is 17.9. The monoisotopic (exact) mass is 387 g/mol. The van der Waals surface area contributed by atoms with E-state index >= 15 is 0 Å². The van der Waals surface area contributed by atoms with Crippen LogP contribution in [0.1, 0.15) is 32.8 Å². The van der Waals surface area contributed by atoms with Gasteiger partial charge in [0.25, 0.3) is 0 Å². The number of nitrogens with zero attached hydrogens (tertiary/aromatic N) is 3. The molecule has 1 aliphatic rings. The number of carbonyl (C=O) groups excluding carboxylic acids is 1. The minimum absolute atomic E-state index is 0.265. The number of amides is 1. The van der Waals surface area contributed by atoms with E-state index in [1.807, 2.05) is 23.1 Å². The summed E-state index contributed by atoms with van der Waals surface area (Å²) in [5.74, 6) is 1.42. The summed E-state index contributed by atoms with van der Waals surface area (Å²) in [5.41, 5.74) is 1.28. The summed E-state index contributed by atoms with van der Waals surface area (Å²) in [7, 11) is 1.79. The van der Waals surface area contributed by atoms with Crippen LogP contribution in [0.3, 0.4) is 0 Å². The fourth-order valence-corrected chi connectivity index (χ4v) is 3.68. The molecule has 0 radical (unpaired) electrons. The van der Waals surface area contributed by atoms with Crippen LogP contribution in [0.2, 0.25) is 0 Å². The van der Waals surface area contributed by atoms with Crippen molar-refractivity contribution in [2.24, 2.45) is 10.9 Å². The number of likely N-dealkylation sites (N-methyl/N-ethyl adjacent to an activating group) is 1. The lowest BCUT2D eigenvalue weighted by Gasteiger charge is -2.25. The van der Waals surface area contributed by atoms with E-state index in [9.17, 15) is 4.79 Å². The maximum absolute atomic E-state index is 12.3. The number of nitrogens with one attached hydrogen (secondary N) is 2. The molecule has 1 saturated heterocycles.